The minimum Gasteiger partial charge on any atom is -0.480 e. The summed E-state index contributed by atoms with van der Waals surface area (Å²) in [6, 6.07) is 4.76. The number of carboxylic acid groups (broad SMARTS) is 1. The van der Waals surface area contributed by atoms with E-state index >= 15 is 0 Å². The molecule has 0 aliphatic carbocycles. The zero-order chi connectivity index (χ0) is 24.7. The maximum absolute atomic E-state index is 13.1. The Balaban J connectivity index is 1.70. The van der Waals surface area contributed by atoms with Crippen LogP contribution < -0.4 is 16.4 Å². The molecule has 3 atom stereocenters. The van der Waals surface area contributed by atoms with Gasteiger partial charge in [0.1, 0.15) is 18.1 Å². The van der Waals surface area contributed by atoms with Crippen molar-refractivity contribution in [1.29, 1.82) is 0 Å². The molecule has 0 spiro atoms. The van der Waals surface area contributed by atoms with Crippen LogP contribution in [0.15, 0.2) is 30.5 Å². The molecule has 3 rings (SSSR count). The molecule has 1 saturated heterocycles. The van der Waals surface area contributed by atoms with Crippen LogP contribution in [0.1, 0.15) is 24.8 Å². The van der Waals surface area contributed by atoms with Gasteiger partial charge in [0.05, 0.1) is 6.54 Å². The van der Waals surface area contributed by atoms with E-state index in [9.17, 15) is 24.3 Å². The van der Waals surface area contributed by atoms with Crippen LogP contribution in [0, 0.1) is 0 Å². The van der Waals surface area contributed by atoms with E-state index in [0.717, 1.165) is 16.5 Å². The summed E-state index contributed by atoms with van der Waals surface area (Å²) in [6.45, 7) is 0.260. The third-order valence-electron chi connectivity index (χ3n) is 6.01. The number of amides is 3. The number of nitrogens with zero attached hydrogens (tertiary/aromatic N) is 1. The number of carbonyl (C=O) groups excluding carboxylic acids is 3. The molecule has 1 aliphatic rings. The van der Waals surface area contributed by atoms with Crippen molar-refractivity contribution in [3.8, 4) is 0 Å². The summed E-state index contributed by atoms with van der Waals surface area (Å²) in [7, 11) is 0. The highest BCUT2D eigenvalue weighted by atomic mass is 32.2. The Morgan fingerprint density at radius 1 is 1.24 bits per heavy atom. The quantitative estimate of drug-likeness (QED) is 0.307. The summed E-state index contributed by atoms with van der Waals surface area (Å²) < 4.78 is 0. The summed E-state index contributed by atoms with van der Waals surface area (Å²) in [4.78, 5) is 54.5. The average Bonchev–Trinajstić information content (AvgIpc) is 3.48. The first kappa shape index (κ1) is 25.6. The van der Waals surface area contributed by atoms with Crippen molar-refractivity contribution in [3.05, 3.63) is 36.0 Å². The van der Waals surface area contributed by atoms with Crippen LogP contribution in [0.2, 0.25) is 0 Å². The monoisotopic (exact) mass is 489 g/mol. The predicted molar refractivity (Wildman–Crippen MR) is 130 cm³/mol. The van der Waals surface area contributed by atoms with Gasteiger partial charge in [0, 0.05) is 30.1 Å². The Kier molecular flexibility index (Phi) is 8.94. The van der Waals surface area contributed by atoms with E-state index in [2.05, 4.69) is 15.6 Å². The van der Waals surface area contributed by atoms with Crippen molar-refractivity contribution in [2.45, 2.75) is 43.8 Å². The van der Waals surface area contributed by atoms with Crippen LogP contribution in [0.3, 0.4) is 0 Å². The second-order valence-electron chi connectivity index (χ2n) is 8.25. The number of nitrogens with two attached hydrogens (primary N) is 1. The van der Waals surface area contributed by atoms with Gasteiger partial charge in [-0.05, 0) is 42.9 Å². The van der Waals surface area contributed by atoms with Crippen molar-refractivity contribution in [3.63, 3.8) is 0 Å². The lowest BCUT2D eigenvalue weighted by molar-refractivity contribution is -0.142. The van der Waals surface area contributed by atoms with Gasteiger partial charge in [-0.1, -0.05) is 18.2 Å². The van der Waals surface area contributed by atoms with E-state index in [0.29, 0.717) is 31.6 Å². The largest absolute Gasteiger partial charge is 0.480 e. The number of carbonyl (C=O) groups is 4. The van der Waals surface area contributed by atoms with Gasteiger partial charge >= 0.3 is 5.97 Å². The lowest BCUT2D eigenvalue weighted by Gasteiger charge is -2.26. The molecular formula is C23H31N5O5S. The molecule has 1 aromatic carbocycles. The number of H-pyrrole nitrogens is 1. The molecule has 10 nitrogen and oxygen atoms in total. The molecule has 6 N–H and O–H groups in total. The van der Waals surface area contributed by atoms with Gasteiger partial charge in [0.15, 0.2) is 0 Å². The Morgan fingerprint density at radius 2 is 2.00 bits per heavy atom. The number of aromatic amines is 1. The molecule has 1 aliphatic heterocycles. The number of likely N-dealkylation sites (tertiary alicyclic amines) is 1. The molecule has 0 bridgehead atoms. The van der Waals surface area contributed by atoms with Crippen molar-refractivity contribution >= 4 is 46.4 Å². The molecule has 1 aromatic heterocycles. The van der Waals surface area contributed by atoms with Crippen LogP contribution >= 0.6 is 11.8 Å². The van der Waals surface area contributed by atoms with Crippen molar-refractivity contribution in [2.24, 2.45) is 5.73 Å². The third-order valence-corrected chi connectivity index (χ3v) is 6.65. The van der Waals surface area contributed by atoms with Crippen LogP contribution in [-0.2, 0) is 25.6 Å². The fourth-order valence-corrected chi connectivity index (χ4v) is 4.69. The third kappa shape index (κ3) is 6.09. The molecule has 34 heavy (non-hydrogen) atoms. The predicted octanol–water partition coefficient (Wildman–Crippen LogP) is 0.467. The minimum absolute atomic E-state index is 0.0929. The van der Waals surface area contributed by atoms with Gasteiger partial charge in [0.25, 0.3) is 0 Å². The first-order valence-electron chi connectivity index (χ1n) is 11.2. The topological polar surface area (TPSA) is 158 Å². The summed E-state index contributed by atoms with van der Waals surface area (Å²) in [5.74, 6) is -1.88. The first-order chi connectivity index (χ1) is 16.3. The highest BCUT2D eigenvalue weighted by molar-refractivity contribution is 7.98. The molecule has 0 saturated carbocycles. The fourth-order valence-electron chi connectivity index (χ4n) is 4.22. The van der Waals surface area contributed by atoms with Gasteiger partial charge in [-0.2, -0.15) is 11.8 Å². The highest BCUT2D eigenvalue weighted by Gasteiger charge is 2.35. The van der Waals surface area contributed by atoms with Gasteiger partial charge in [0.2, 0.25) is 17.7 Å². The smallest absolute Gasteiger partial charge is 0.326 e. The van der Waals surface area contributed by atoms with Crippen LogP contribution in [0.25, 0.3) is 10.9 Å². The molecule has 3 unspecified atom stereocenters. The number of nitrogens with one attached hydrogen (secondary N) is 3. The number of hydrogen-bond acceptors (Lipinski definition) is 6. The maximum atomic E-state index is 13.1. The van der Waals surface area contributed by atoms with E-state index < -0.39 is 35.9 Å². The van der Waals surface area contributed by atoms with Crippen molar-refractivity contribution < 1.29 is 24.3 Å². The Morgan fingerprint density at radius 3 is 2.71 bits per heavy atom. The second-order valence-corrected chi connectivity index (χ2v) is 9.24. The maximum Gasteiger partial charge on any atom is 0.326 e. The number of hydrogen-bond donors (Lipinski definition) is 5. The highest BCUT2D eigenvalue weighted by Crippen LogP contribution is 2.20. The number of rotatable bonds is 11. The molecule has 2 heterocycles. The second kappa shape index (κ2) is 11.9. The molecule has 1 fully saturated rings. The van der Waals surface area contributed by atoms with Crippen molar-refractivity contribution in [1.82, 2.24) is 20.5 Å². The van der Waals surface area contributed by atoms with Gasteiger partial charge < -0.3 is 31.4 Å². The number of para-hydroxylation sites is 1. The van der Waals surface area contributed by atoms with E-state index in [1.807, 2.05) is 30.5 Å². The number of benzene rings is 1. The minimum atomic E-state index is -1.16. The van der Waals surface area contributed by atoms with Gasteiger partial charge in [-0.25, -0.2) is 4.79 Å². The first-order valence-corrected chi connectivity index (χ1v) is 12.6. The van der Waals surface area contributed by atoms with Gasteiger partial charge in [-0.15, -0.1) is 0 Å². The average molecular weight is 490 g/mol. The number of aliphatic carboxylic acids is 1. The summed E-state index contributed by atoms with van der Waals surface area (Å²) in [5.41, 5.74) is 7.11. The summed E-state index contributed by atoms with van der Waals surface area (Å²) in [5, 5.41) is 16.0. The van der Waals surface area contributed by atoms with Gasteiger partial charge in [-0.3, -0.25) is 14.4 Å². The molecule has 2 aromatic rings. The molecule has 11 heteroatoms. The standard InChI is InChI=1S/C23H31N5O5S/c1-34-10-8-17(26-22(31)19-7-4-9-28(19)20(29)12-24)21(30)27-18(23(32)33)11-14-13-25-16-6-3-2-5-15(14)16/h2-3,5-6,13,17-19,25H,4,7-12,24H2,1H3,(H,26,31)(H,27,30)(H,32,33). The number of aromatic nitrogens is 1. The Hall–Kier alpha value is -3.05. The fraction of sp³-hybridized carbons (Fsp3) is 0.478. The summed E-state index contributed by atoms with van der Waals surface area (Å²) in [6.07, 6.45) is 5.21. The normalized spacial score (nSPS) is 17.4. The Labute approximate surface area is 202 Å². The van der Waals surface area contributed by atoms with Crippen LogP contribution in [0.5, 0.6) is 0 Å². The van der Waals surface area contributed by atoms with E-state index in [4.69, 9.17) is 5.73 Å². The lowest BCUT2D eigenvalue weighted by Crippen LogP contribution is -2.56. The SMILES string of the molecule is CSCCC(NC(=O)C1CCCN1C(=O)CN)C(=O)NC(Cc1c[nH]c2ccccc12)C(=O)O. The summed E-state index contributed by atoms with van der Waals surface area (Å²) >= 11 is 1.51. The van der Waals surface area contributed by atoms with E-state index in [-0.39, 0.29) is 18.9 Å². The number of carboxylic acids is 1. The molecular weight excluding hydrogens is 458 g/mol. The van der Waals surface area contributed by atoms with Crippen LogP contribution in [-0.4, -0.2) is 81.9 Å². The van der Waals surface area contributed by atoms with Crippen LogP contribution in [0.4, 0.5) is 0 Å². The zero-order valence-corrected chi connectivity index (χ0v) is 19.9. The zero-order valence-electron chi connectivity index (χ0n) is 19.1. The van der Waals surface area contributed by atoms with E-state index in [1.54, 1.807) is 6.20 Å². The molecule has 3 amide bonds. The number of thioether (sulfide) groups is 1. The van der Waals surface area contributed by atoms with Crippen molar-refractivity contribution in [2.75, 3.05) is 25.1 Å². The van der Waals surface area contributed by atoms with E-state index in [1.165, 1.54) is 16.7 Å². The molecule has 184 valence electrons. The Bertz CT molecular complexity index is 1040. The number of fused-ring (bicyclic) bond motifs is 1. The lowest BCUT2D eigenvalue weighted by atomic mass is 10.0. The molecule has 0 radical (unpaired) electrons.